The molecule has 0 radical (unpaired) electrons. The van der Waals surface area contributed by atoms with Gasteiger partial charge in [-0.05, 0) is 53.0 Å². The van der Waals surface area contributed by atoms with Crippen LogP contribution in [0.1, 0.15) is 26.3 Å². The van der Waals surface area contributed by atoms with Crippen molar-refractivity contribution in [3.05, 3.63) is 55.7 Å². The Hall–Kier alpha value is -0.520. The van der Waals surface area contributed by atoms with E-state index in [0.717, 1.165) is 31.9 Å². The maximum Gasteiger partial charge on any atom is 0.416 e. The van der Waals surface area contributed by atoms with E-state index in [1.54, 1.807) is 11.3 Å². The molecule has 1 heterocycles. The smallest absolute Gasteiger partial charge is 0.166 e. The number of alkyl halides is 4. The molecule has 1 unspecified atom stereocenters. The van der Waals surface area contributed by atoms with Crippen molar-refractivity contribution in [1.82, 2.24) is 0 Å². The zero-order valence-corrected chi connectivity index (χ0v) is 13.6. The monoisotopic (exact) mass is 382 g/mol. The van der Waals surface area contributed by atoms with E-state index >= 15 is 0 Å². The van der Waals surface area contributed by atoms with E-state index in [9.17, 15) is 13.2 Å². The molecule has 0 fully saturated rings. The Morgan fingerprint density at radius 2 is 1.85 bits per heavy atom. The first-order valence-electron chi connectivity index (χ1n) is 5.83. The first kappa shape index (κ1) is 15.9. The van der Waals surface area contributed by atoms with Crippen LogP contribution in [-0.4, -0.2) is 0 Å². The van der Waals surface area contributed by atoms with Gasteiger partial charge in [0, 0.05) is 14.2 Å². The van der Waals surface area contributed by atoms with Crippen molar-refractivity contribution in [3.8, 4) is 0 Å². The molecular weight excluding hydrogens is 373 g/mol. The number of halogens is 5. The molecule has 6 heteroatoms. The lowest BCUT2D eigenvalue weighted by Gasteiger charge is -2.10. The zero-order valence-electron chi connectivity index (χ0n) is 10.5. The third-order valence-electron chi connectivity index (χ3n) is 2.82. The summed E-state index contributed by atoms with van der Waals surface area (Å²) in [5.74, 6) is 0. The Labute approximate surface area is 132 Å². The number of hydrogen-bond donors (Lipinski definition) is 0. The molecule has 1 aromatic carbocycles. The third kappa shape index (κ3) is 3.77. The first-order valence-corrected chi connectivity index (χ1v) is 7.88. The lowest BCUT2D eigenvalue weighted by atomic mass is 10.1. The van der Waals surface area contributed by atoms with Gasteiger partial charge in [0.2, 0.25) is 0 Å². The molecule has 2 rings (SSSR count). The van der Waals surface area contributed by atoms with Crippen LogP contribution in [0.4, 0.5) is 13.2 Å². The van der Waals surface area contributed by atoms with E-state index in [1.807, 2.05) is 13.0 Å². The van der Waals surface area contributed by atoms with Crippen LogP contribution in [0.25, 0.3) is 0 Å². The summed E-state index contributed by atoms with van der Waals surface area (Å²) in [5.41, 5.74) is 0.150. The average Bonchev–Trinajstić information content (AvgIpc) is 2.68. The van der Waals surface area contributed by atoms with E-state index in [1.165, 1.54) is 12.1 Å². The van der Waals surface area contributed by atoms with Crippen LogP contribution in [-0.2, 0) is 12.6 Å². The molecule has 0 N–H and O–H groups in total. The number of rotatable bonds is 3. The Bertz CT molecular complexity index is 589. The van der Waals surface area contributed by atoms with Crippen LogP contribution in [0.15, 0.2) is 34.8 Å². The summed E-state index contributed by atoms with van der Waals surface area (Å²) < 4.78 is 38.4. The van der Waals surface area contributed by atoms with Crippen LogP contribution in [0.5, 0.6) is 0 Å². The van der Waals surface area contributed by atoms with Gasteiger partial charge in [-0.3, -0.25) is 0 Å². The maximum atomic E-state index is 12.5. The molecule has 0 aliphatic carbocycles. The summed E-state index contributed by atoms with van der Waals surface area (Å²) >= 11 is 11.4. The van der Waals surface area contributed by atoms with Crippen LogP contribution in [0.2, 0.25) is 0 Å². The van der Waals surface area contributed by atoms with Gasteiger partial charge in [-0.2, -0.15) is 13.2 Å². The van der Waals surface area contributed by atoms with Crippen molar-refractivity contribution in [2.45, 2.75) is 24.9 Å². The van der Waals surface area contributed by atoms with Crippen molar-refractivity contribution in [3.63, 3.8) is 0 Å². The summed E-state index contributed by atoms with van der Waals surface area (Å²) in [7, 11) is 0. The predicted octanol–water partition coefficient (Wildman–Crippen LogP) is 6.36. The summed E-state index contributed by atoms with van der Waals surface area (Å²) in [4.78, 5) is 2.15. The molecule has 1 aromatic heterocycles. The lowest BCUT2D eigenvalue weighted by Crippen LogP contribution is -2.04. The molecule has 0 saturated heterocycles. The predicted molar refractivity (Wildman–Crippen MR) is 80.5 cm³/mol. The minimum absolute atomic E-state index is 0.250. The maximum absolute atomic E-state index is 12.5. The quantitative estimate of drug-likeness (QED) is 0.541. The van der Waals surface area contributed by atoms with Gasteiger partial charge in [-0.15, -0.1) is 22.9 Å². The highest BCUT2D eigenvalue weighted by molar-refractivity contribution is 9.10. The Morgan fingerprint density at radius 3 is 2.30 bits per heavy atom. The van der Waals surface area contributed by atoms with Gasteiger partial charge in [0.05, 0.1) is 10.9 Å². The number of benzene rings is 1. The Balaban J connectivity index is 2.12. The molecule has 2 aromatic rings. The minimum atomic E-state index is -4.30. The van der Waals surface area contributed by atoms with Gasteiger partial charge in [0.15, 0.2) is 0 Å². The fraction of sp³-hybridized carbons (Fsp3) is 0.286. The normalized spacial score (nSPS) is 13.5. The second-order valence-electron chi connectivity index (χ2n) is 4.44. The molecule has 0 aliphatic heterocycles. The Kier molecular flexibility index (Phi) is 4.82. The topological polar surface area (TPSA) is 0 Å². The molecule has 1 atom stereocenters. The molecule has 0 spiro atoms. The molecule has 0 nitrogen and oxygen atoms in total. The van der Waals surface area contributed by atoms with Gasteiger partial charge in [-0.1, -0.05) is 12.1 Å². The summed E-state index contributed by atoms with van der Waals surface area (Å²) in [6, 6.07) is 7.13. The van der Waals surface area contributed by atoms with Crippen LogP contribution in [0, 0.1) is 6.92 Å². The number of aryl methyl sites for hydroxylation is 1. The van der Waals surface area contributed by atoms with Crippen molar-refractivity contribution in [2.24, 2.45) is 0 Å². The van der Waals surface area contributed by atoms with E-state index in [4.69, 9.17) is 11.6 Å². The van der Waals surface area contributed by atoms with Gasteiger partial charge in [-0.25, -0.2) is 0 Å². The highest BCUT2D eigenvalue weighted by Gasteiger charge is 2.30. The lowest BCUT2D eigenvalue weighted by molar-refractivity contribution is -0.137. The van der Waals surface area contributed by atoms with Crippen LogP contribution in [0.3, 0.4) is 0 Å². The molecule has 0 amide bonds. The molecule has 108 valence electrons. The average molecular weight is 384 g/mol. The largest absolute Gasteiger partial charge is 0.416 e. The molecule has 0 bridgehead atoms. The summed E-state index contributed by atoms with van der Waals surface area (Å²) in [6.07, 6.45) is -3.80. The second-order valence-corrected chi connectivity index (χ2v) is 7.10. The SMILES string of the molecule is Cc1cc(Br)c(C(Cl)Cc2ccc(C(F)(F)F)cc2)s1. The van der Waals surface area contributed by atoms with Crippen LogP contribution < -0.4 is 0 Å². The van der Waals surface area contributed by atoms with E-state index in [2.05, 4.69) is 15.9 Å². The van der Waals surface area contributed by atoms with E-state index < -0.39 is 11.7 Å². The molecule has 20 heavy (non-hydrogen) atoms. The van der Waals surface area contributed by atoms with Gasteiger partial charge in [0.1, 0.15) is 0 Å². The number of hydrogen-bond acceptors (Lipinski definition) is 1. The fourth-order valence-corrected chi connectivity index (χ4v) is 4.31. The molecule has 0 saturated carbocycles. The number of thiophene rings is 1. The van der Waals surface area contributed by atoms with Crippen molar-refractivity contribution < 1.29 is 13.2 Å². The van der Waals surface area contributed by atoms with E-state index in [0.29, 0.717) is 6.42 Å². The molecule has 0 aliphatic rings. The standard InChI is InChI=1S/C14H11BrClF3S/c1-8-6-11(15)13(20-8)12(16)7-9-2-4-10(5-3-9)14(17,18)19/h2-6,12H,7H2,1H3. The molecular formula is C14H11BrClF3S. The summed E-state index contributed by atoms with van der Waals surface area (Å²) in [5, 5.41) is -0.250. The van der Waals surface area contributed by atoms with Gasteiger partial charge in [0.25, 0.3) is 0 Å². The first-order chi connectivity index (χ1) is 9.27. The van der Waals surface area contributed by atoms with Crippen molar-refractivity contribution >= 4 is 38.9 Å². The fourth-order valence-electron chi connectivity index (χ4n) is 1.84. The highest BCUT2D eigenvalue weighted by atomic mass is 79.9. The van der Waals surface area contributed by atoms with Crippen LogP contribution >= 0.6 is 38.9 Å². The Morgan fingerprint density at radius 1 is 1.25 bits per heavy atom. The second kappa shape index (κ2) is 6.08. The van der Waals surface area contributed by atoms with Crippen molar-refractivity contribution in [1.29, 1.82) is 0 Å². The summed E-state index contributed by atoms with van der Waals surface area (Å²) in [6.45, 7) is 1.99. The minimum Gasteiger partial charge on any atom is -0.166 e. The van der Waals surface area contributed by atoms with E-state index in [-0.39, 0.29) is 5.38 Å². The van der Waals surface area contributed by atoms with Crippen molar-refractivity contribution in [2.75, 3.05) is 0 Å². The van der Waals surface area contributed by atoms with Gasteiger partial charge < -0.3 is 0 Å². The zero-order chi connectivity index (χ0) is 14.9. The third-order valence-corrected chi connectivity index (χ3v) is 5.40. The highest BCUT2D eigenvalue weighted by Crippen LogP contribution is 2.37. The van der Waals surface area contributed by atoms with Gasteiger partial charge >= 0.3 is 6.18 Å².